The van der Waals surface area contributed by atoms with Gasteiger partial charge in [-0.25, -0.2) is 0 Å². The van der Waals surface area contributed by atoms with E-state index in [9.17, 15) is 0 Å². The maximum atomic E-state index is 4.49. The van der Waals surface area contributed by atoms with Crippen LogP contribution in [0.25, 0.3) is 0 Å². The number of nitrogens with zero attached hydrogens (tertiary/aromatic N) is 1. The molecular weight excluding hydrogens is 222 g/mol. The van der Waals surface area contributed by atoms with Crippen molar-refractivity contribution >= 4 is 24.4 Å². The average Bonchev–Trinajstić information content (AvgIpc) is 2.95. The molecule has 0 radical (unpaired) electrons. The van der Waals surface area contributed by atoms with Gasteiger partial charge in [0.1, 0.15) is 0 Å². The summed E-state index contributed by atoms with van der Waals surface area (Å²) in [6.45, 7) is 8.63. The molecule has 2 rings (SSSR count). The van der Waals surface area contributed by atoms with Gasteiger partial charge in [0.25, 0.3) is 0 Å². The van der Waals surface area contributed by atoms with Gasteiger partial charge >= 0.3 is 0 Å². The van der Waals surface area contributed by atoms with Crippen molar-refractivity contribution in [2.24, 2.45) is 5.41 Å². The van der Waals surface area contributed by atoms with Crippen LogP contribution in [0, 0.1) is 5.41 Å². The predicted octanol–water partition coefficient (Wildman–Crippen LogP) is 2.91. The molecule has 1 aliphatic carbocycles. The van der Waals surface area contributed by atoms with E-state index in [2.05, 4.69) is 43.1 Å². The summed E-state index contributed by atoms with van der Waals surface area (Å²) in [6, 6.07) is 0. The van der Waals surface area contributed by atoms with Crippen LogP contribution in [0.5, 0.6) is 0 Å². The zero-order chi connectivity index (χ0) is 10.9. The monoisotopic (exact) mass is 245 g/mol. The second-order valence-corrected chi connectivity index (χ2v) is 7.91. The Labute approximate surface area is 104 Å². The first-order valence-electron chi connectivity index (χ1n) is 6.03. The maximum absolute atomic E-state index is 4.49. The molecule has 0 amide bonds. The van der Waals surface area contributed by atoms with Crippen LogP contribution in [0.3, 0.4) is 0 Å². The molecular formula is C12H23NS2. The third kappa shape index (κ3) is 3.31. The summed E-state index contributed by atoms with van der Waals surface area (Å²) >= 11 is 6.63. The van der Waals surface area contributed by atoms with Crippen molar-refractivity contribution < 1.29 is 0 Å². The van der Waals surface area contributed by atoms with Crippen LogP contribution in [0.1, 0.15) is 33.1 Å². The van der Waals surface area contributed by atoms with Crippen LogP contribution < -0.4 is 0 Å². The molecule has 0 spiro atoms. The molecule has 2 aliphatic rings. The fourth-order valence-corrected chi connectivity index (χ4v) is 3.79. The van der Waals surface area contributed by atoms with E-state index in [1.807, 2.05) is 0 Å². The third-order valence-corrected chi connectivity index (χ3v) is 5.83. The Hall–Kier alpha value is 0.660. The Morgan fingerprint density at radius 3 is 2.53 bits per heavy atom. The van der Waals surface area contributed by atoms with E-state index >= 15 is 0 Å². The molecule has 0 unspecified atom stereocenters. The van der Waals surface area contributed by atoms with Gasteiger partial charge in [-0.1, -0.05) is 13.8 Å². The SMILES string of the molecule is CC1(C)CCN(CC2(CS)CC2)CCS1. The quantitative estimate of drug-likeness (QED) is 0.762. The third-order valence-electron chi connectivity index (χ3n) is 3.78. The standard InChI is InChI=1S/C12H23NS2/c1-11(2)5-6-13(7-8-15-11)9-12(10-14)3-4-12/h14H,3-10H2,1-2H3. The van der Waals surface area contributed by atoms with Crippen molar-refractivity contribution in [3.8, 4) is 0 Å². The molecule has 0 atom stereocenters. The number of thiol groups is 1. The second kappa shape index (κ2) is 4.50. The van der Waals surface area contributed by atoms with Crippen LogP contribution in [0.4, 0.5) is 0 Å². The molecule has 0 N–H and O–H groups in total. The molecule has 0 aromatic rings. The van der Waals surface area contributed by atoms with Gasteiger partial charge in [0.05, 0.1) is 0 Å². The number of hydrogen-bond acceptors (Lipinski definition) is 3. The highest BCUT2D eigenvalue weighted by Gasteiger charge is 2.42. The summed E-state index contributed by atoms with van der Waals surface area (Å²) in [7, 11) is 0. The zero-order valence-corrected chi connectivity index (χ0v) is 11.7. The van der Waals surface area contributed by atoms with E-state index in [0.29, 0.717) is 10.2 Å². The fourth-order valence-electron chi connectivity index (χ4n) is 2.24. The van der Waals surface area contributed by atoms with Gasteiger partial charge in [-0.2, -0.15) is 24.4 Å². The Morgan fingerprint density at radius 1 is 1.20 bits per heavy atom. The first kappa shape index (κ1) is 12.1. The summed E-state index contributed by atoms with van der Waals surface area (Å²) in [4.78, 5) is 2.67. The van der Waals surface area contributed by atoms with Crippen LogP contribution in [0.15, 0.2) is 0 Å². The lowest BCUT2D eigenvalue weighted by atomic mass is 10.1. The molecule has 0 aromatic carbocycles. The van der Waals surface area contributed by atoms with Gasteiger partial charge in [0.15, 0.2) is 0 Å². The Kier molecular flexibility index (Phi) is 3.64. The zero-order valence-electron chi connectivity index (χ0n) is 9.96. The molecule has 88 valence electrons. The molecule has 1 saturated heterocycles. The van der Waals surface area contributed by atoms with E-state index in [-0.39, 0.29) is 0 Å². The van der Waals surface area contributed by atoms with Crippen molar-refractivity contribution in [3.05, 3.63) is 0 Å². The van der Waals surface area contributed by atoms with E-state index in [1.165, 1.54) is 44.6 Å². The van der Waals surface area contributed by atoms with E-state index < -0.39 is 0 Å². The molecule has 1 heterocycles. The summed E-state index contributed by atoms with van der Waals surface area (Å²) in [5.74, 6) is 2.38. The van der Waals surface area contributed by atoms with E-state index in [0.717, 1.165) is 5.75 Å². The Bertz CT molecular complexity index is 224. The molecule has 15 heavy (non-hydrogen) atoms. The van der Waals surface area contributed by atoms with Gasteiger partial charge in [-0.3, -0.25) is 0 Å². The minimum absolute atomic E-state index is 0.492. The lowest BCUT2D eigenvalue weighted by Crippen LogP contribution is -2.33. The minimum atomic E-state index is 0.492. The maximum Gasteiger partial charge on any atom is 0.0116 e. The summed E-state index contributed by atoms with van der Waals surface area (Å²) in [5.41, 5.74) is 0.599. The van der Waals surface area contributed by atoms with Gasteiger partial charge in [-0.05, 0) is 37.0 Å². The first-order chi connectivity index (χ1) is 7.05. The largest absolute Gasteiger partial charge is 0.302 e. The summed E-state index contributed by atoms with van der Waals surface area (Å²) in [6.07, 6.45) is 4.15. The van der Waals surface area contributed by atoms with Crippen molar-refractivity contribution in [1.29, 1.82) is 0 Å². The minimum Gasteiger partial charge on any atom is -0.302 e. The van der Waals surface area contributed by atoms with Gasteiger partial charge in [0.2, 0.25) is 0 Å². The first-order valence-corrected chi connectivity index (χ1v) is 7.64. The van der Waals surface area contributed by atoms with Gasteiger partial charge in [0, 0.05) is 23.6 Å². The number of rotatable bonds is 3. The average molecular weight is 245 g/mol. The molecule has 1 saturated carbocycles. The predicted molar refractivity (Wildman–Crippen MR) is 73.1 cm³/mol. The topological polar surface area (TPSA) is 3.24 Å². The normalized spacial score (nSPS) is 29.8. The van der Waals surface area contributed by atoms with E-state index in [4.69, 9.17) is 0 Å². The molecule has 1 aliphatic heterocycles. The Morgan fingerprint density at radius 2 is 1.93 bits per heavy atom. The molecule has 3 heteroatoms. The van der Waals surface area contributed by atoms with Crippen LogP contribution in [0.2, 0.25) is 0 Å². The smallest absolute Gasteiger partial charge is 0.0116 e. The van der Waals surface area contributed by atoms with Crippen molar-refractivity contribution in [3.63, 3.8) is 0 Å². The highest BCUT2D eigenvalue weighted by molar-refractivity contribution is 8.00. The van der Waals surface area contributed by atoms with Crippen LogP contribution in [-0.4, -0.2) is 40.8 Å². The molecule has 2 fully saturated rings. The van der Waals surface area contributed by atoms with Crippen molar-refractivity contribution in [2.75, 3.05) is 31.1 Å². The molecule has 0 bridgehead atoms. The summed E-state index contributed by atoms with van der Waals surface area (Å²) in [5, 5.41) is 0. The van der Waals surface area contributed by atoms with Crippen LogP contribution in [-0.2, 0) is 0 Å². The van der Waals surface area contributed by atoms with Crippen molar-refractivity contribution in [2.45, 2.75) is 37.9 Å². The number of hydrogen-bond donors (Lipinski definition) is 1. The molecule has 0 aromatic heterocycles. The fraction of sp³-hybridized carbons (Fsp3) is 1.00. The lowest BCUT2D eigenvalue weighted by molar-refractivity contribution is 0.239. The van der Waals surface area contributed by atoms with Crippen molar-refractivity contribution in [1.82, 2.24) is 4.90 Å². The summed E-state index contributed by atoms with van der Waals surface area (Å²) < 4.78 is 0.492. The second-order valence-electron chi connectivity index (χ2n) is 5.79. The molecule has 1 nitrogen and oxygen atoms in total. The lowest BCUT2D eigenvalue weighted by Gasteiger charge is -2.25. The highest BCUT2D eigenvalue weighted by atomic mass is 32.2. The highest BCUT2D eigenvalue weighted by Crippen LogP contribution is 2.47. The van der Waals surface area contributed by atoms with Crippen LogP contribution >= 0.6 is 24.4 Å². The van der Waals surface area contributed by atoms with Gasteiger partial charge in [-0.15, -0.1) is 0 Å². The number of thioether (sulfide) groups is 1. The van der Waals surface area contributed by atoms with Gasteiger partial charge < -0.3 is 4.90 Å². The van der Waals surface area contributed by atoms with E-state index in [1.54, 1.807) is 0 Å². The Balaban J connectivity index is 1.84.